The Labute approximate surface area is 85.2 Å². The summed E-state index contributed by atoms with van der Waals surface area (Å²) >= 11 is 0. The van der Waals surface area contributed by atoms with Gasteiger partial charge in [-0.05, 0) is 25.2 Å². The van der Waals surface area contributed by atoms with E-state index in [1.54, 1.807) is 0 Å². The van der Waals surface area contributed by atoms with Crippen molar-refractivity contribution >= 4 is 5.91 Å². The van der Waals surface area contributed by atoms with Gasteiger partial charge in [-0.25, -0.2) is 0 Å². The number of primary amides is 1. The van der Waals surface area contributed by atoms with Gasteiger partial charge in [-0.1, -0.05) is 6.92 Å². The SMILES string of the molecule is CCC(NCC1CCCOC1)C(N)=O. The first-order valence-corrected chi connectivity index (χ1v) is 5.34. The minimum Gasteiger partial charge on any atom is -0.381 e. The van der Waals surface area contributed by atoms with Crippen molar-refractivity contribution in [2.75, 3.05) is 19.8 Å². The van der Waals surface area contributed by atoms with Crippen LogP contribution in [0.2, 0.25) is 0 Å². The van der Waals surface area contributed by atoms with Gasteiger partial charge in [0.25, 0.3) is 0 Å². The Hall–Kier alpha value is -0.610. The number of carbonyl (C=O) groups is 1. The highest BCUT2D eigenvalue weighted by Gasteiger charge is 2.17. The van der Waals surface area contributed by atoms with E-state index in [1.165, 1.54) is 6.42 Å². The molecule has 1 fully saturated rings. The van der Waals surface area contributed by atoms with E-state index in [9.17, 15) is 4.79 Å². The van der Waals surface area contributed by atoms with Crippen molar-refractivity contribution in [1.29, 1.82) is 0 Å². The monoisotopic (exact) mass is 200 g/mol. The van der Waals surface area contributed by atoms with E-state index in [-0.39, 0.29) is 11.9 Å². The summed E-state index contributed by atoms with van der Waals surface area (Å²) in [7, 11) is 0. The van der Waals surface area contributed by atoms with Crippen molar-refractivity contribution in [3.05, 3.63) is 0 Å². The maximum atomic E-state index is 10.9. The van der Waals surface area contributed by atoms with Gasteiger partial charge in [0.05, 0.1) is 12.6 Å². The van der Waals surface area contributed by atoms with Gasteiger partial charge in [0.2, 0.25) is 5.91 Å². The van der Waals surface area contributed by atoms with E-state index >= 15 is 0 Å². The van der Waals surface area contributed by atoms with Crippen LogP contribution in [-0.4, -0.2) is 31.7 Å². The van der Waals surface area contributed by atoms with Crippen LogP contribution in [0.4, 0.5) is 0 Å². The van der Waals surface area contributed by atoms with Crippen molar-refractivity contribution in [3.63, 3.8) is 0 Å². The Bertz CT molecular complexity index is 179. The molecule has 0 spiro atoms. The molecule has 1 heterocycles. The predicted molar refractivity (Wildman–Crippen MR) is 54.8 cm³/mol. The van der Waals surface area contributed by atoms with E-state index < -0.39 is 0 Å². The highest BCUT2D eigenvalue weighted by Crippen LogP contribution is 2.12. The van der Waals surface area contributed by atoms with Gasteiger partial charge in [-0.3, -0.25) is 4.79 Å². The number of hydrogen-bond donors (Lipinski definition) is 2. The number of nitrogens with one attached hydrogen (secondary N) is 1. The van der Waals surface area contributed by atoms with Gasteiger partial charge >= 0.3 is 0 Å². The lowest BCUT2D eigenvalue weighted by Crippen LogP contribution is -2.43. The first-order chi connectivity index (χ1) is 6.74. The minimum absolute atomic E-state index is 0.183. The normalized spacial score (nSPS) is 24.5. The average Bonchev–Trinajstić information content (AvgIpc) is 2.20. The third kappa shape index (κ3) is 3.64. The van der Waals surface area contributed by atoms with Crippen molar-refractivity contribution in [3.8, 4) is 0 Å². The largest absolute Gasteiger partial charge is 0.381 e. The molecule has 2 atom stereocenters. The molecule has 4 heteroatoms. The zero-order valence-corrected chi connectivity index (χ0v) is 8.79. The topological polar surface area (TPSA) is 64.3 Å². The van der Waals surface area contributed by atoms with Gasteiger partial charge < -0.3 is 15.8 Å². The lowest BCUT2D eigenvalue weighted by molar-refractivity contribution is -0.120. The Kier molecular flexibility index (Phi) is 4.90. The fourth-order valence-corrected chi connectivity index (χ4v) is 1.72. The number of amides is 1. The van der Waals surface area contributed by atoms with E-state index in [4.69, 9.17) is 10.5 Å². The summed E-state index contributed by atoms with van der Waals surface area (Å²) in [6, 6.07) is -0.183. The molecular formula is C10H20N2O2. The lowest BCUT2D eigenvalue weighted by Gasteiger charge is -2.24. The standard InChI is InChI=1S/C10H20N2O2/c1-2-9(10(11)13)12-6-8-4-3-5-14-7-8/h8-9,12H,2-7H2,1H3,(H2,11,13). The molecule has 1 aliphatic rings. The second-order valence-corrected chi connectivity index (χ2v) is 3.85. The third-order valence-corrected chi connectivity index (χ3v) is 2.66. The minimum atomic E-state index is -0.260. The van der Waals surface area contributed by atoms with Crippen LogP contribution in [0.3, 0.4) is 0 Å². The molecular weight excluding hydrogens is 180 g/mol. The Morgan fingerprint density at radius 3 is 3.00 bits per heavy atom. The quantitative estimate of drug-likeness (QED) is 0.669. The maximum Gasteiger partial charge on any atom is 0.234 e. The summed E-state index contributed by atoms with van der Waals surface area (Å²) in [6.45, 7) is 4.48. The van der Waals surface area contributed by atoms with Crippen LogP contribution in [0.5, 0.6) is 0 Å². The van der Waals surface area contributed by atoms with Crippen molar-refractivity contribution in [1.82, 2.24) is 5.32 Å². The first kappa shape index (κ1) is 11.5. The van der Waals surface area contributed by atoms with E-state index in [2.05, 4.69) is 5.32 Å². The maximum absolute atomic E-state index is 10.9. The zero-order valence-electron chi connectivity index (χ0n) is 8.79. The molecule has 2 unspecified atom stereocenters. The van der Waals surface area contributed by atoms with Gasteiger partial charge in [0.15, 0.2) is 0 Å². The van der Waals surface area contributed by atoms with E-state index in [1.807, 2.05) is 6.92 Å². The van der Waals surface area contributed by atoms with Crippen LogP contribution in [0.25, 0.3) is 0 Å². The fourth-order valence-electron chi connectivity index (χ4n) is 1.72. The molecule has 0 aromatic carbocycles. The lowest BCUT2D eigenvalue weighted by atomic mass is 10.0. The van der Waals surface area contributed by atoms with Crippen molar-refractivity contribution in [2.24, 2.45) is 11.7 Å². The number of carbonyl (C=O) groups excluding carboxylic acids is 1. The summed E-state index contributed by atoms with van der Waals surface area (Å²) in [5.41, 5.74) is 5.23. The van der Waals surface area contributed by atoms with Gasteiger partial charge in [-0.15, -0.1) is 0 Å². The number of hydrogen-bond acceptors (Lipinski definition) is 3. The molecule has 1 aliphatic heterocycles. The van der Waals surface area contributed by atoms with E-state index in [0.29, 0.717) is 5.92 Å². The van der Waals surface area contributed by atoms with Crippen LogP contribution < -0.4 is 11.1 Å². The third-order valence-electron chi connectivity index (χ3n) is 2.66. The Balaban J connectivity index is 2.20. The van der Waals surface area contributed by atoms with Crippen LogP contribution in [0.1, 0.15) is 26.2 Å². The smallest absolute Gasteiger partial charge is 0.234 e. The summed E-state index contributed by atoms with van der Waals surface area (Å²) in [5.74, 6) is 0.279. The number of rotatable bonds is 5. The van der Waals surface area contributed by atoms with Gasteiger partial charge in [0, 0.05) is 13.2 Å². The molecule has 82 valence electrons. The van der Waals surface area contributed by atoms with Gasteiger partial charge in [0.1, 0.15) is 0 Å². The molecule has 1 amide bonds. The van der Waals surface area contributed by atoms with Gasteiger partial charge in [-0.2, -0.15) is 0 Å². The zero-order chi connectivity index (χ0) is 10.4. The second kappa shape index (κ2) is 5.98. The van der Waals surface area contributed by atoms with Crippen LogP contribution in [-0.2, 0) is 9.53 Å². The molecule has 0 aromatic heterocycles. The molecule has 3 N–H and O–H groups in total. The molecule has 14 heavy (non-hydrogen) atoms. The highest BCUT2D eigenvalue weighted by atomic mass is 16.5. The Morgan fingerprint density at radius 1 is 1.71 bits per heavy atom. The average molecular weight is 200 g/mol. The molecule has 0 aliphatic carbocycles. The highest BCUT2D eigenvalue weighted by molar-refractivity contribution is 5.79. The molecule has 1 rings (SSSR count). The summed E-state index contributed by atoms with van der Waals surface area (Å²) in [6.07, 6.45) is 3.06. The first-order valence-electron chi connectivity index (χ1n) is 5.34. The Morgan fingerprint density at radius 2 is 2.50 bits per heavy atom. The van der Waals surface area contributed by atoms with Crippen LogP contribution >= 0.6 is 0 Å². The summed E-state index contributed by atoms with van der Waals surface area (Å²) in [4.78, 5) is 10.9. The molecule has 0 radical (unpaired) electrons. The molecule has 0 bridgehead atoms. The number of ether oxygens (including phenoxy) is 1. The van der Waals surface area contributed by atoms with Crippen LogP contribution in [0.15, 0.2) is 0 Å². The van der Waals surface area contributed by atoms with E-state index in [0.717, 1.165) is 32.6 Å². The molecule has 1 saturated heterocycles. The van der Waals surface area contributed by atoms with Crippen molar-refractivity contribution < 1.29 is 9.53 Å². The fraction of sp³-hybridized carbons (Fsp3) is 0.900. The summed E-state index contributed by atoms with van der Waals surface area (Å²) < 4.78 is 5.35. The molecule has 4 nitrogen and oxygen atoms in total. The predicted octanol–water partition coefficient (Wildman–Crippen LogP) is 0.267. The van der Waals surface area contributed by atoms with Crippen LogP contribution in [0, 0.1) is 5.92 Å². The molecule has 0 saturated carbocycles. The van der Waals surface area contributed by atoms with Crippen molar-refractivity contribution in [2.45, 2.75) is 32.2 Å². The second-order valence-electron chi connectivity index (χ2n) is 3.85. The molecule has 0 aromatic rings. The summed E-state index contributed by atoms with van der Waals surface area (Å²) in [5, 5.41) is 3.18. The number of nitrogens with two attached hydrogens (primary N) is 1.